The Morgan fingerprint density at radius 3 is 2.53 bits per heavy atom. The number of nitriles is 1. The topological polar surface area (TPSA) is 117 Å². The lowest BCUT2D eigenvalue weighted by Crippen LogP contribution is -2.26. The van der Waals surface area contributed by atoms with Gasteiger partial charge in [0.15, 0.2) is 24.2 Å². The molecule has 1 heterocycles. The van der Waals surface area contributed by atoms with Crippen LogP contribution >= 0.6 is 0 Å². The van der Waals surface area contributed by atoms with Crippen LogP contribution < -0.4 is 14.2 Å². The minimum absolute atomic E-state index is 0.138. The van der Waals surface area contributed by atoms with Crippen molar-refractivity contribution in [1.29, 1.82) is 5.26 Å². The standard InChI is InChI=1S/C21H19N3O6/c1-13(29-16-7-4-14(11-22)5-8-16)21(25)28-12-19-23-20(24-30-19)15-6-9-17(26-2)18(10-15)27-3/h4-10,13H,12H2,1-3H3. The molecule has 3 rings (SSSR count). The van der Waals surface area contributed by atoms with Gasteiger partial charge in [-0.3, -0.25) is 0 Å². The van der Waals surface area contributed by atoms with Crippen LogP contribution in [-0.4, -0.2) is 36.4 Å². The molecule has 1 atom stereocenters. The third-order valence-electron chi connectivity index (χ3n) is 4.08. The lowest BCUT2D eigenvalue weighted by atomic mass is 10.2. The number of nitrogens with zero attached hydrogens (tertiary/aromatic N) is 3. The number of hydrogen-bond acceptors (Lipinski definition) is 9. The number of benzene rings is 2. The maximum Gasteiger partial charge on any atom is 0.347 e. The number of carbonyl (C=O) groups excluding carboxylic acids is 1. The molecule has 0 amide bonds. The summed E-state index contributed by atoms with van der Waals surface area (Å²) in [4.78, 5) is 16.4. The molecular formula is C21H19N3O6. The van der Waals surface area contributed by atoms with Crippen molar-refractivity contribution in [2.24, 2.45) is 0 Å². The minimum atomic E-state index is -0.855. The molecule has 0 aliphatic heterocycles. The molecule has 0 aliphatic carbocycles. The first kappa shape index (κ1) is 20.7. The maximum atomic E-state index is 12.2. The Balaban J connectivity index is 1.58. The summed E-state index contributed by atoms with van der Waals surface area (Å²) in [5, 5.41) is 12.7. The van der Waals surface area contributed by atoms with Crippen LogP contribution in [-0.2, 0) is 16.1 Å². The molecule has 3 aromatic rings. The van der Waals surface area contributed by atoms with Crippen LogP contribution in [0, 0.1) is 11.3 Å². The van der Waals surface area contributed by atoms with Gasteiger partial charge in [0.05, 0.1) is 25.9 Å². The van der Waals surface area contributed by atoms with E-state index in [0.717, 1.165) is 0 Å². The average Bonchev–Trinajstić information content (AvgIpc) is 3.26. The van der Waals surface area contributed by atoms with Gasteiger partial charge in [-0.05, 0) is 49.4 Å². The number of hydrogen-bond donors (Lipinski definition) is 0. The highest BCUT2D eigenvalue weighted by Gasteiger charge is 2.19. The van der Waals surface area contributed by atoms with Crippen molar-refractivity contribution in [1.82, 2.24) is 10.1 Å². The molecule has 0 bridgehead atoms. The van der Waals surface area contributed by atoms with Gasteiger partial charge in [0.25, 0.3) is 5.89 Å². The second-order valence-electron chi connectivity index (χ2n) is 6.09. The maximum absolute atomic E-state index is 12.2. The molecule has 0 fully saturated rings. The number of rotatable bonds is 8. The molecule has 1 aromatic heterocycles. The Labute approximate surface area is 172 Å². The summed E-state index contributed by atoms with van der Waals surface area (Å²) in [5.41, 5.74) is 1.16. The number of ether oxygens (including phenoxy) is 4. The van der Waals surface area contributed by atoms with Gasteiger partial charge < -0.3 is 23.5 Å². The van der Waals surface area contributed by atoms with E-state index in [0.29, 0.717) is 34.2 Å². The predicted octanol–water partition coefficient (Wildman–Crippen LogP) is 3.14. The third kappa shape index (κ3) is 4.86. The number of methoxy groups -OCH3 is 2. The van der Waals surface area contributed by atoms with E-state index in [1.807, 2.05) is 6.07 Å². The zero-order valence-corrected chi connectivity index (χ0v) is 16.6. The predicted molar refractivity (Wildman–Crippen MR) is 104 cm³/mol. The summed E-state index contributed by atoms with van der Waals surface area (Å²) >= 11 is 0. The molecule has 0 saturated carbocycles. The molecule has 0 radical (unpaired) electrons. The molecule has 0 saturated heterocycles. The highest BCUT2D eigenvalue weighted by atomic mass is 16.6. The second-order valence-corrected chi connectivity index (χ2v) is 6.09. The summed E-state index contributed by atoms with van der Waals surface area (Å²) in [6, 6.07) is 13.6. The van der Waals surface area contributed by atoms with Gasteiger partial charge in [-0.25, -0.2) is 4.79 Å². The molecule has 30 heavy (non-hydrogen) atoms. The molecule has 0 spiro atoms. The van der Waals surface area contributed by atoms with E-state index in [-0.39, 0.29) is 12.5 Å². The van der Waals surface area contributed by atoms with Gasteiger partial charge in [0, 0.05) is 5.56 Å². The lowest BCUT2D eigenvalue weighted by Gasteiger charge is -2.13. The second kappa shape index (κ2) is 9.43. The van der Waals surface area contributed by atoms with Crippen LogP contribution in [0.25, 0.3) is 11.4 Å². The van der Waals surface area contributed by atoms with Gasteiger partial charge in [-0.15, -0.1) is 0 Å². The highest BCUT2D eigenvalue weighted by Crippen LogP contribution is 2.31. The molecule has 9 heteroatoms. The monoisotopic (exact) mass is 409 g/mol. The summed E-state index contributed by atoms with van der Waals surface area (Å²) in [6.07, 6.45) is -0.855. The number of aromatic nitrogens is 2. The van der Waals surface area contributed by atoms with E-state index in [1.54, 1.807) is 56.5 Å². The van der Waals surface area contributed by atoms with Gasteiger partial charge in [0.2, 0.25) is 5.82 Å². The Morgan fingerprint density at radius 2 is 1.87 bits per heavy atom. The Hall–Kier alpha value is -4.06. The van der Waals surface area contributed by atoms with Crippen molar-refractivity contribution in [2.75, 3.05) is 14.2 Å². The van der Waals surface area contributed by atoms with Crippen molar-refractivity contribution in [3.05, 3.63) is 53.9 Å². The first-order chi connectivity index (χ1) is 14.5. The van der Waals surface area contributed by atoms with Crippen LogP contribution in [0.15, 0.2) is 47.0 Å². The van der Waals surface area contributed by atoms with Crippen LogP contribution in [0.1, 0.15) is 18.4 Å². The van der Waals surface area contributed by atoms with Gasteiger partial charge in [-0.2, -0.15) is 10.2 Å². The Bertz CT molecular complexity index is 1060. The van der Waals surface area contributed by atoms with Crippen molar-refractivity contribution < 1.29 is 28.3 Å². The first-order valence-corrected chi connectivity index (χ1v) is 8.92. The average molecular weight is 409 g/mol. The van der Waals surface area contributed by atoms with Crippen molar-refractivity contribution in [3.8, 4) is 34.7 Å². The summed E-state index contributed by atoms with van der Waals surface area (Å²) < 4.78 is 26.3. The third-order valence-corrected chi connectivity index (χ3v) is 4.08. The van der Waals surface area contributed by atoms with E-state index in [2.05, 4.69) is 10.1 Å². The van der Waals surface area contributed by atoms with Gasteiger partial charge >= 0.3 is 5.97 Å². The van der Waals surface area contributed by atoms with E-state index in [4.69, 9.17) is 28.7 Å². The van der Waals surface area contributed by atoms with E-state index >= 15 is 0 Å². The SMILES string of the molecule is COc1ccc(-c2noc(COC(=O)C(C)Oc3ccc(C#N)cc3)n2)cc1OC. The molecule has 1 unspecified atom stereocenters. The number of esters is 1. The Morgan fingerprint density at radius 1 is 1.13 bits per heavy atom. The molecule has 0 aliphatic rings. The van der Waals surface area contributed by atoms with Crippen molar-refractivity contribution in [2.45, 2.75) is 19.6 Å². The van der Waals surface area contributed by atoms with Crippen molar-refractivity contribution in [3.63, 3.8) is 0 Å². The van der Waals surface area contributed by atoms with Crippen LogP contribution in [0.4, 0.5) is 0 Å². The molecule has 9 nitrogen and oxygen atoms in total. The fourth-order valence-electron chi connectivity index (χ4n) is 2.52. The highest BCUT2D eigenvalue weighted by molar-refractivity contribution is 5.74. The van der Waals surface area contributed by atoms with E-state index < -0.39 is 12.1 Å². The number of carbonyl (C=O) groups is 1. The lowest BCUT2D eigenvalue weighted by molar-refractivity contribution is -0.153. The van der Waals surface area contributed by atoms with Crippen LogP contribution in [0.3, 0.4) is 0 Å². The van der Waals surface area contributed by atoms with Crippen LogP contribution in [0.2, 0.25) is 0 Å². The van der Waals surface area contributed by atoms with E-state index in [9.17, 15) is 4.79 Å². The van der Waals surface area contributed by atoms with Crippen molar-refractivity contribution >= 4 is 5.97 Å². The summed E-state index contributed by atoms with van der Waals surface area (Å²) in [5.74, 6) is 1.43. The smallest absolute Gasteiger partial charge is 0.347 e. The Kier molecular flexibility index (Phi) is 6.49. The fourth-order valence-corrected chi connectivity index (χ4v) is 2.52. The zero-order chi connectivity index (χ0) is 21.5. The normalized spacial score (nSPS) is 11.3. The van der Waals surface area contributed by atoms with E-state index in [1.165, 1.54) is 7.11 Å². The summed E-state index contributed by atoms with van der Waals surface area (Å²) in [7, 11) is 3.08. The molecule has 154 valence electrons. The molecule has 0 N–H and O–H groups in total. The molecule has 2 aromatic carbocycles. The van der Waals surface area contributed by atoms with Gasteiger partial charge in [-0.1, -0.05) is 5.16 Å². The largest absolute Gasteiger partial charge is 0.493 e. The fraction of sp³-hybridized carbons (Fsp3) is 0.238. The van der Waals surface area contributed by atoms with Gasteiger partial charge in [0.1, 0.15) is 5.75 Å². The molecular weight excluding hydrogens is 390 g/mol. The first-order valence-electron chi connectivity index (χ1n) is 8.92. The minimum Gasteiger partial charge on any atom is -0.493 e. The van der Waals surface area contributed by atoms with Crippen LogP contribution in [0.5, 0.6) is 17.2 Å². The zero-order valence-electron chi connectivity index (χ0n) is 16.6. The summed E-state index contributed by atoms with van der Waals surface area (Å²) in [6.45, 7) is 1.36. The quantitative estimate of drug-likeness (QED) is 0.517.